The van der Waals surface area contributed by atoms with Gasteiger partial charge in [0.05, 0.1) is 7.11 Å². The van der Waals surface area contributed by atoms with Crippen molar-refractivity contribution in [2.45, 2.75) is 19.1 Å². The molecule has 0 spiro atoms. The summed E-state index contributed by atoms with van der Waals surface area (Å²) >= 11 is 0. The van der Waals surface area contributed by atoms with Gasteiger partial charge in [-0.2, -0.15) is 0 Å². The zero-order valence-electron chi connectivity index (χ0n) is 11.5. The van der Waals surface area contributed by atoms with E-state index in [4.69, 9.17) is 14.2 Å². The maximum atomic E-state index is 6.26. The van der Waals surface area contributed by atoms with Crippen LogP contribution in [0.5, 0.6) is 17.2 Å². The molecule has 0 radical (unpaired) electrons. The van der Waals surface area contributed by atoms with E-state index in [1.807, 2.05) is 30.3 Å². The molecule has 1 unspecified atom stereocenters. The molecule has 0 saturated carbocycles. The molecule has 0 amide bonds. The largest absolute Gasteiger partial charge is 0.493 e. The van der Waals surface area contributed by atoms with Crippen molar-refractivity contribution in [2.24, 2.45) is 5.92 Å². The van der Waals surface area contributed by atoms with Crippen molar-refractivity contribution in [1.29, 1.82) is 0 Å². The predicted octanol–water partition coefficient (Wildman–Crippen LogP) is 3.90. The highest BCUT2D eigenvalue weighted by atomic mass is 16.5. The summed E-state index contributed by atoms with van der Waals surface area (Å²) in [4.78, 5) is 0. The Bertz CT molecular complexity index is 665. The third-order valence-corrected chi connectivity index (χ3v) is 4.22. The lowest BCUT2D eigenvalue weighted by atomic mass is 9.83. The molecular weight excluding hydrogens is 252 g/mol. The number of para-hydroxylation sites is 2. The summed E-state index contributed by atoms with van der Waals surface area (Å²) in [7, 11) is 1.67. The molecule has 0 N–H and O–H groups in total. The Balaban J connectivity index is 1.89. The summed E-state index contributed by atoms with van der Waals surface area (Å²) in [5.74, 6) is 2.79. The first-order valence-electron chi connectivity index (χ1n) is 6.88. The van der Waals surface area contributed by atoms with Crippen LogP contribution in [0.15, 0.2) is 42.5 Å². The molecule has 2 aliphatic rings. The van der Waals surface area contributed by atoms with Crippen LogP contribution in [0, 0.1) is 5.92 Å². The van der Waals surface area contributed by atoms with Gasteiger partial charge in [-0.15, -0.1) is 0 Å². The molecule has 20 heavy (non-hydrogen) atoms. The maximum Gasteiger partial charge on any atom is 0.169 e. The van der Waals surface area contributed by atoms with Crippen LogP contribution in [0.2, 0.25) is 0 Å². The standard InChI is InChI=1S/C17H16O3/c1-10-15-11-6-3-4-8-13(11)19-16(10)12-7-5-9-14(18-2)17(12)20-15/h3-10,15-16H,1-2H3/t10?,15-,16+/m0/s1. The summed E-state index contributed by atoms with van der Waals surface area (Å²) in [6, 6.07) is 14.1. The van der Waals surface area contributed by atoms with Crippen molar-refractivity contribution in [2.75, 3.05) is 7.11 Å². The molecule has 3 atom stereocenters. The zero-order valence-corrected chi connectivity index (χ0v) is 11.5. The Labute approximate surface area is 118 Å². The molecule has 0 saturated heterocycles. The fourth-order valence-electron chi connectivity index (χ4n) is 3.20. The molecule has 4 rings (SSSR count). The SMILES string of the molecule is COc1cccc2c1O[C@@H]1c3ccccc3O[C@@H]2C1C. The Hall–Kier alpha value is -2.16. The topological polar surface area (TPSA) is 27.7 Å². The number of hydrogen-bond donors (Lipinski definition) is 0. The normalized spacial score (nSPS) is 25.8. The molecule has 0 fully saturated rings. The maximum absolute atomic E-state index is 6.26. The van der Waals surface area contributed by atoms with E-state index in [0.29, 0.717) is 0 Å². The number of methoxy groups -OCH3 is 1. The molecule has 0 aliphatic carbocycles. The van der Waals surface area contributed by atoms with Crippen molar-refractivity contribution in [3.8, 4) is 17.2 Å². The minimum atomic E-state index is 0.0220. The number of benzene rings is 2. The van der Waals surface area contributed by atoms with Gasteiger partial charge < -0.3 is 14.2 Å². The second kappa shape index (κ2) is 4.17. The van der Waals surface area contributed by atoms with Crippen molar-refractivity contribution in [3.05, 3.63) is 53.6 Å². The molecule has 2 heterocycles. The highest BCUT2D eigenvalue weighted by Gasteiger charge is 2.43. The third-order valence-electron chi connectivity index (χ3n) is 4.22. The van der Waals surface area contributed by atoms with Crippen molar-refractivity contribution >= 4 is 0 Å². The Morgan fingerprint density at radius 1 is 0.900 bits per heavy atom. The fourth-order valence-corrected chi connectivity index (χ4v) is 3.20. The van der Waals surface area contributed by atoms with Crippen molar-refractivity contribution < 1.29 is 14.2 Å². The molecule has 0 aromatic heterocycles. The monoisotopic (exact) mass is 268 g/mol. The highest BCUT2D eigenvalue weighted by Crippen LogP contribution is 2.54. The Morgan fingerprint density at radius 2 is 1.65 bits per heavy atom. The summed E-state index contributed by atoms with van der Waals surface area (Å²) in [5, 5.41) is 0. The molecule has 2 aliphatic heterocycles. The Morgan fingerprint density at radius 3 is 2.50 bits per heavy atom. The van der Waals surface area contributed by atoms with Crippen LogP contribution < -0.4 is 14.2 Å². The second-order valence-electron chi connectivity index (χ2n) is 5.35. The van der Waals surface area contributed by atoms with Gasteiger partial charge in [-0.05, 0) is 12.1 Å². The lowest BCUT2D eigenvalue weighted by Gasteiger charge is -2.43. The van der Waals surface area contributed by atoms with Gasteiger partial charge in [0.1, 0.15) is 18.0 Å². The minimum Gasteiger partial charge on any atom is -0.493 e. The van der Waals surface area contributed by atoms with Crippen LogP contribution in [-0.4, -0.2) is 7.11 Å². The van der Waals surface area contributed by atoms with E-state index >= 15 is 0 Å². The molecule has 2 aromatic rings. The summed E-state index contributed by atoms with van der Waals surface area (Å²) in [6.45, 7) is 2.17. The van der Waals surface area contributed by atoms with Gasteiger partial charge in [0.25, 0.3) is 0 Å². The Kier molecular flexibility index (Phi) is 2.43. The first kappa shape index (κ1) is 11.6. The second-order valence-corrected chi connectivity index (χ2v) is 5.35. The van der Waals surface area contributed by atoms with Crippen LogP contribution in [-0.2, 0) is 0 Å². The molecule has 3 nitrogen and oxygen atoms in total. The van der Waals surface area contributed by atoms with Gasteiger partial charge in [0.2, 0.25) is 0 Å². The summed E-state index contributed by atoms with van der Waals surface area (Å²) < 4.78 is 17.9. The van der Waals surface area contributed by atoms with Crippen molar-refractivity contribution in [1.82, 2.24) is 0 Å². The van der Waals surface area contributed by atoms with E-state index in [1.54, 1.807) is 7.11 Å². The summed E-state index contributed by atoms with van der Waals surface area (Å²) in [5.41, 5.74) is 2.19. The van der Waals surface area contributed by atoms with Gasteiger partial charge in [0.15, 0.2) is 11.5 Å². The van der Waals surface area contributed by atoms with Crippen LogP contribution in [0.3, 0.4) is 0 Å². The van der Waals surface area contributed by atoms with E-state index in [9.17, 15) is 0 Å². The van der Waals surface area contributed by atoms with E-state index in [-0.39, 0.29) is 18.1 Å². The van der Waals surface area contributed by atoms with Crippen LogP contribution in [0.4, 0.5) is 0 Å². The smallest absolute Gasteiger partial charge is 0.169 e. The lowest BCUT2D eigenvalue weighted by Crippen LogP contribution is -2.35. The van der Waals surface area contributed by atoms with Crippen LogP contribution >= 0.6 is 0 Å². The molecule has 2 bridgehead atoms. The summed E-state index contributed by atoms with van der Waals surface area (Å²) in [6.07, 6.45) is 0.0440. The van der Waals surface area contributed by atoms with Gasteiger partial charge in [0, 0.05) is 17.0 Å². The number of ether oxygens (including phenoxy) is 3. The lowest BCUT2D eigenvalue weighted by molar-refractivity contribution is -0.00450. The number of hydrogen-bond acceptors (Lipinski definition) is 3. The van der Waals surface area contributed by atoms with Crippen molar-refractivity contribution in [3.63, 3.8) is 0 Å². The number of rotatable bonds is 1. The van der Waals surface area contributed by atoms with Gasteiger partial charge in [-0.25, -0.2) is 0 Å². The quantitative estimate of drug-likeness (QED) is 0.785. The van der Waals surface area contributed by atoms with Crippen LogP contribution in [0.25, 0.3) is 0 Å². The number of fused-ring (bicyclic) bond motifs is 6. The average molecular weight is 268 g/mol. The van der Waals surface area contributed by atoms with Gasteiger partial charge >= 0.3 is 0 Å². The van der Waals surface area contributed by atoms with Crippen LogP contribution in [0.1, 0.15) is 30.3 Å². The molecular formula is C17H16O3. The van der Waals surface area contributed by atoms with E-state index < -0.39 is 0 Å². The molecule has 2 aromatic carbocycles. The zero-order chi connectivity index (χ0) is 13.7. The average Bonchev–Trinajstić information content (AvgIpc) is 2.48. The van der Waals surface area contributed by atoms with E-state index in [2.05, 4.69) is 19.1 Å². The van der Waals surface area contributed by atoms with Gasteiger partial charge in [-0.1, -0.05) is 37.3 Å². The highest BCUT2D eigenvalue weighted by molar-refractivity contribution is 5.52. The molecule has 3 heteroatoms. The predicted molar refractivity (Wildman–Crippen MR) is 75.3 cm³/mol. The van der Waals surface area contributed by atoms with Gasteiger partial charge in [-0.3, -0.25) is 0 Å². The first-order valence-corrected chi connectivity index (χ1v) is 6.88. The third kappa shape index (κ3) is 1.46. The minimum absolute atomic E-state index is 0.0220. The fraction of sp³-hybridized carbons (Fsp3) is 0.294. The van der Waals surface area contributed by atoms with E-state index in [0.717, 1.165) is 28.4 Å². The van der Waals surface area contributed by atoms with E-state index in [1.165, 1.54) is 0 Å². The molecule has 102 valence electrons. The first-order chi connectivity index (χ1) is 9.79.